The highest BCUT2D eigenvalue weighted by molar-refractivity contribution is 9.10. The van der Waals surface area contributed by atoms with Crippen molar-refractivity contribution < 1.29 is 0 Å². The van der Waals surface area contributed by atoms with Gasteiger partial charge < -0.3 is 5.32 Å². The van der Waals surface area contributed by atoms with Crippen LogP contribution in [-0.2, 0) is 5.41 Å². The van der Waals surface area contributed by atoms with Gasteiger partial charge in [-0.2, -0.15) is 0 Å². The lowest BCUT2D eigenvalue weighted by atomic mass is 9.91. The van der Waals surface area contributed by atoms with Crippen molar-refractivity contribution in [2.75, 3.05) is 12.4 Å². The van der Waals surface area contributed by atoms with E-state index in [0.29, 0.717) is 15.9 Å². The molecule has 0 saturated carbocycles. The molecule has 3 nitrogen and oxygen atoms in total. The average molecular weight is 389 g/mol. The third kappa shape index (κ3) is 3.50. The molecule has 6 heteroatoms. The van der Waals surface area contributed by atoms with E-state index in [1.807, 2.05) is 7.05 Å². The predicted octanol–water partition coefficient (Wildman–Crippen LogP) is 5.55. The Bertz CT molecular complexity index is 681. The summed E-state index contributed by atoms with van der Waals surface area (Å²) in [7, 11) is 1.82. The molecule has 0 unspecified atom stereocenters. The summed E-state index contributed by atoms with van der Waals surface area (Å²) in [6.07, 6.45) is 0. The first-order valence-electron chi connectivity index (χ1n) is 6.45. The van der Waals surface area contributed by atoms with E-state index in [1.54, 1.807) is 18.2 Å². The van der Waals surface area contributed by atoms with Gasteiger partial charge in [0.05, 0.1) is 15.2 Å². The first-order valence-corrected chi connectivity index (χ1v) is 8.00. The minimum absolute atomic E-state index is 0.132. The smallest absolute Gasteiger partial charge is 0.163 e. The van der Waals surface area contributed by atoms with Gasteiger partial charge in [-0.05, 0) is 34.1 Å². The fourth-order valence-electron chi connectivity index (χ4n) is 1.90. The number of benzene rings is 1. The summed E-state index contributed by atoms with van der Waals surface area (Å²) >= 11 is 15.9. The molecule has 0 spiro atoms. The van der Waals surface area contributed by atoms with Gasteiger partial charge in [-0.25, -0.2) is 9.97 Å². The first-order chi connectivity index (χ1) is 9.74. The second-order valence-corrected chi connectivity index (χ2v) is 7.32. The molecule has 1 N–H and O–H groups in total. The van der Waals surface area contributed by atoms with Gasteiger partial charge in [0, 0.05) is 23.0 Å². The van der Waals surface area contributed by atoms with Crippen molar-refractivity contribution in [3.8, 4) is 11.4 Å². The molecule has 0 radical (unpaired) electrons. The molecule has 1 aromatic carbocycles. The molecule has 1 aromatic heterocycles. The lowest BCUT2D eigenvalue weighted by molar-refractivity contribution is 0.564. The van der Waals surface area contributed by atoms with Crippen LogP contribution in [0, 0.1) is 0 Å². The van der Waals surface area contributed by atoms with E-state index >= 15 is 0 Å². The maximum atomic E-state index is 6.26. The molecule has 0 amide bonds. The van der Waals surface area contributed by atoms with E-state index in [1.165, 1.54) is 0 Å². The molecule has 0 aliphatic carbocycles. The van der Waals surface area contributed by atoms with Gasteiger partial charge in [-0.15, -0.1) is 0 Å². The van der Waals surface area contributed by atoms with E-state index in [9.17, 15) is 0 Å². The van der Waals surface area contributed by atoms with Crippen molar-refractivity contribution >= 4 is 44.9 Å². The Labute approximate surface area is 143 Å². The van der Waals surface area contributed by atoms with Crippen LogP contribution in [0.25, 0.3) is 11.4 Å². The first kappa shape index (κ1) is 16.5. The predicted molar refractivity (Wildman–Crippen MR) is 93.4 cm³/mol. The summed E-state index contributed by atoms with van der Waals surface area (Å²) in [6.45, 7) is 6.30. The third-order valence-corrected chi connectivity index (χ3v) is 4.28. The Morgan fingerprint density at radius 1 is 1.14 bits per heavy atom. The van der Waals surface area contributed by atoms with Crippen LogP contribution in [0.4, 0.5) is 5.82 Å². The summed E-state index contributed by atoms with van der Waals surface area (Å²) in [5.74, 6) is 1.28. The summed E-state index contributed by atoms with van der Waals surface area (Å²) in [4.78, 5) is 9.21. The standard InChI is InChI=1S/C15H16BrCl2N3/c1-15(2,3)12-11(16)14(19-4)21-13(20-12)9-7-8(17)5-6-10(9)18/h5-7H,1-4H3,(H,19,20,21). The number of nitrogens with one attached hydrogen (secondary N) is 1. The molecular formula is C15H16BrCl2N3. The summed E-state index contributed by atoms with van der Waals surface area (Å²) in [5.41, 5.74) is 1.50. The maximum Gasteiger partial charge on any atom is 0.163 e. The number of aromatic nitrogens is 2. The second-order valence-electron chi connectivity index (χ2n) is 5.68. The van der Waals surface area contributed by atoms with Gasteiger partial charge in [-0.1, -0.05) is 44.0 Å². The maximum absolute atomic E-state index is 6.26. The van der Waals surface area contributed by atoms with Crippen LogP contribution >= 0.6 is 39.1 Å². The molecule has 0 fully saturated rings. The molecule has 0 atom stereocenters. The fraction of sp³-hybridized carbons (Fsp3) is 0.333. The zero-order chi connectivity index (χ0) is 15.8. The average Bonchev–Trinajstić information content (AvgIpc) is 2.40. The number of anilines is 1. The van der Waals surface area contributed by atoms with Crippen LogP contribution in [0.5, 0.6) is 0 Å². The zero-order valence-corrected chi connectivity index (χ0v) is 15.4. The number of hydrogen-bond acceptors (Lipinski definition) is 3. The third-order valence-electron chi connectivity index (χ3n) is 2.97. The van der Waals surface area contributed by atoms with Crippen LogP contribution < -0.4 is 5.32 Å². The topological polar surface area (TPSA) is 37.8 Å². The number of hydrogen-bond donors (Lipinski definition) is 1. The highest BCUT2D eigenvalue weighted by Gasteiger charge is 2.24. The SMILES string of the molecule is CNc1nc(-c2cc(Cl)ccc2Cl)nc(C(C)(C)C)c1Br. The molecule has 0 aliphatic rings. The van der Waals surface area contributed by atoms with Gasteiger partial charge in [0.25, 0.3) is 0 Å². The molecule has 1 heterocycles. The molecule has 0 saturated heterocycles. The van der Waals surface area contributed by atoms with E-state index < -0.39 is 0 Å². The Morgan fingerprint density at radius 2 is 1.81 bits per heavy atom. The Kier molecular flexibility index (Phi) is 4.81. The highest BCUT2D eigenvalue weighted by atomic mass is 79.9. The van der Waals surface area contributed by atoms with Crippen molar-refractivity contribution in [1.29, 1.82) is 0 Å². The molecule has 112 valence electrons. The summed E-state index contributed by atoms with van der Waals surface area (Å²) in [5, 5.41) is 4.25. The van der Waals surface area contributed by atoms with E-state index in [0.717, 1.165) is 21.5 Å². The van der Waals surface area contributed by atoms with Gasteiger partial charge >= 0.3 is 0 Å². The van der Waals surface area contributed by atoms with Crippen LogP contribution in [0.2, 0.25) is 10.0 Å². The molecule has 2 rings (SSSR count). The van der Waals surface area contributed by atoms with E-state index in [-0.39, 0.29) is 5.41 Å². The second kappa shape index (κ2) is 6.11. The normalized spacial score (nSPS) is 11.6. The van der Waals surface area contributed by atoms with E-state index in [2.05, 4.69) is 52.0 Å². The quantitative estimate of drug-likeness (QED) is 0.732. The van der Waals surface area contributed by atoms with Gasteiger partial charge in [0.2, 0.25) is 0 Å². The number of nitrogens with zero attached hydrogens (tertiary/aromatic N) is 2. The van der Waals surface area contributed by atoms with Crippen molar-refractivity contribution in [2.24, 2.45) is 0 Å². The zero-order valence-electron chi connectivity index (χ0n) is 12.3. The minimum atomic E-state index is -0.132. The largest absolute Gasteiger partial charge is 0.372 e. The van der Waals surface area contributed by atoms with Crippen molar-refractivity contribution in [2.45, 2.75) is 26.2 Å². The lowest BCUT2D eigenvalue weighted by Gasteiger charge is -2.22. The van der Waals surface area contributed by atoms with E-state index in [4.69, 9.17) is 23.2 Å². The summed E-state index contributed by atoms with van der Waals surface area (Å²) < 4.78 is 0.861. The van der Waals surface area contributed by atoms with Crippen LogP contribution in [-0.4, -0.2) is 17.0 Å². The van der Waals surface area contributed by atoms with Crippen LogP contribution in [0.15, 0.2) is 22.7 Å². The monoisotopic (exact) mass is 387 g/mol. The van der Waals surface area contributed by atoms with Gasteiger partial charge in [0.1, 0.15) is 5.82 Å². The number of halogens is 3. The van der Waals surface area contributed by atoms with Crippen LogP contribution in [0.1, 0.15) is 26.5 Å². The van der Waals surface area contributed by atoms with Crippen molar-refractivity contribution in [1.82, 2.24) is 9.97 Å². The molecule has 21 heavy (non-hydrogen) atoms. The Balaban J connectivity index is 2.73. The summed E-state index contributed by atoms with van der Waals surface area (Å²) in [6, 6.07) is 5.27. The number of rotatable bonds is 2. The van der Waals surface area contributed by atoms with Crippen LogP contribution in [0.3, 0.4) is 0 Å². The molecule has 0 bridgehead atoms. The van der Waals surface area contributed by atoms with Crippen molar-refractivity contribution in [3.63, 3.8) is 0 Å². The van der Waals surface area contributed by atoms with Gasteiger partial charge in [-0.3, -0.25) is 0 Å². The Morgan fingerprint density at radius 3 is 2.38 bits per heavy atom. The highest BCUT2D eigenvalue weighted by Crippen LogP contribution is 2.36. The molecule has 2 aromatic rings. The minimum Gasteiger partial charge on any atom is -0.372 e. The fourth-order valence-corrected chi connectivity index (χ4v) is 3.24. The molecular weight excluding hydrogens is 373 g/mol. The lowest BCUT2D eigenvalue weighted by Crippen LogP contribution is -2.17. The molecule has 0 aliphatic heterocycles. The Hall–Kier alpha value is -0.840. The van der Waals surface area contributed by atoms with Gasteiger partial charge in [0.15, 0.2) is 5.82 Å². The van der Waals surface area contributed by atoms with Crippen molar-refractivity contribution in [3.05, 3.63) is 38.4 Å².